The van der Waals surface area contributed by atoms with Gasteiger partial charge in [0.1, 0.15) is 18.2 Å². The van der Waals surface area contributed by atoms with Gasteiger partial charge >= 0.3 is 0 Å². The summed E-state index contributed by atoms with van der Waals surface area (Å²) in [6.45, 7) is 9.34. The Morgan fingerprint density at radius 3 is 2.60 bits per heavy atom. The molecular weight excluding hydrogens is 250 g/mol. The van der Waals surface area contributed by atoms with Crippen LogP contribution in [0.4, 0.5) is 5.82 Å². The van der Waals surface area contributed by atoms with E-state index >= 15 is 0 Å². The lowest BCUT2D eigenvalue weighted by Gasteiger charge is -2.10. The van der Waals surface area contributed by atoms with E-state index in [-0.39, 0.29) is 0 Å². The molecule has 0 aliphatic rings. The molecule has 1 aromatic heterocycles. The van der Waals surface area contributed by atoms with Crippen LogP contribution in [0.25, 0.3) is 0 Å². The van der Waals surface area contributed by atoms with Crippen molar-refractivity contribution < 1.29 is 4.74 Å². The fourth-order valence-electron chi connectivity index (χ4n) is 2.07. The van der Waals surface area contributed by atoms with E-state index in [1.54, 1.807) is 0 Å². The molecule has 0 aliphatic heterocycles. The second kappa shape index (κ2) is 6.37. The number of nitrogens with one attached hydrogen (secondary N) is 1. The predicted octanol–water partition coefficient (Wildman–Crippen LogP) is 3.41. The van der Waals surface area contributed by atoms with Gasteiger partial charge in [-0.25, -0.2) is 9.97 Å². The summed E-state index contributed by atoms with van der Waals surface area (Å²) in [5.74, 6) is 2.42. The third-order valence-electron chi connectivity index (χ3n) is 2.95. The monoisotopic (exact) mass is 271 g/mol. The smallest absolute Gasteiger partial charge is 0.168 e. The molecular formula is C16H21N3O. The SMILES string of the molecule is CCNc1cc(C)nc(COc2ccc(C)cc2C)n1. The molecule has 0 spiro atoms. The standard InChI is InChI=1S/C16H21N3O/c1-5-17-15-9-13(4)18-16(19-15)10-20-14-7-6-11(2)8-12(14)3/h6-9H,5,10H2,1-4H3,(H,17,18,19). The summed E-state index contributed by atoms with van der Waals surface area (Å²) in [5, 5.41) is 3.20. The zero-order chi connectivity index (χ0) is 14.5. The van der Waals surface area contributed by atoms with E-state index in [9.17, 15) is 0 Å². The molecule has 4 nitrogen and oxygen atoms in total. The van der Waals surface area contributed by atoms with E-state index in [4.69, 9.17) is 4.74 Å². The van der Waals surface area contributed by atoms with Gasteiger partial charge in [-0.1, -0.05) is 17.7 Å². The molecule has 1 heterocycles. The second-order valence-electron chi connectivity index (χ2n) is 4.90. The van der Waals surface area contributed by atoms with Crippen LogP contribution >= 0.6 is 0 Å². The average Bonchev–Trinajstić information content (AvgIpc) is 2.37. The fraction of sp³-hybridized carbons (Fsp3) is 0.375. The summed E-state index contributed by atoms with van der Waals surface area (Å²) in [6.07, 6.45) is 0. The Hall–Kier alpha value is -2.10. The van der Waals surface area contributed by atoms with E-state index < -0.39 is 0 Å². The molecule has 0 fully saturated rings. The summed E-state index contributed by atoms with van der Waals surface area (Å²) in [4.78, 5) is 8.84. The van der Waals surface area contributed by atoms with Gasteiger partial charge < -0.3 is 10.1 Å². The number of nitrogens with zero attached hydrogens (tertiary/aromatic N) is 2. The zero-order valence-electron chi connectivity index (χ0n) is 12.5. The number of ether oxygens (including phenoxy) is 1. The predicted molar refractivity (Wildman–Crippen MR) is 81.2 cm³/mol. The molecule has 0 saturated carbocycles. The van der Waals surface area contributed by atoms with Crippen LogP contribution in [0.15, 0.2) is 24.3 Å². The molecule has 0 saturated heterocycles. The number of anilines is 1. The number of aromatic nitrogens is 2. The number of aryl methyl sites for hydroxylation is 3. The molecule has 1 aromatic carbocycles. The first-order valence-electron chi connectivity index (χ1n) is 6.87. The van der Waals surface area contributed by atoms with Gasteiger partial charge in [-0.15, -0.1) is 0 Å². The van der Waals surface area contributed by atoms with Crippen LogP contribution in [0, 0.1) is 20.8 Å². The van der Waals surface area contributed by atoms with E-state index in [1.165, 1.54) is 5.56 Å². The summed E-state index contributed by atoms with van der Waals surface area (Å²) >= 11 is 0. The summed E-state index contributed by atoms with van der Waals surface area (Å²) < 4.78 is 5.81. The van der Waals surface area contributed by atoms with Gasteiger partial charge in [0.15, 0.2) is 5.82 Å². The molecule has 0 aliphatic carbocycles. The van der Waals surface area contributed by atoms with Crippen molar-refractivity contribution in [3.8, 4) is 5.75 Å². The maximum absolute atomic E-state index is 5.81. The number of benzene rings is 1. The molecule has 2 rings (SSSR count). The number of rotatable bonds is 5. The van der Waals surface area contributed by atoms with Crippen molar-refractivity contribution in [2.24, 2.45) is 0 Å². The molecule has 1 N–H and O–H groups in total. The number of hydrogen-bond acceptors (Lipinski definition) is 4. The normalized spacial score (nSPS) is 10.4. The lowest BCUT2D eigenvalue weighted by atomic mass is 10.1. The average molecular weight is 271 g/mol. The van der Waals surface area contributed by atoms with Crippen molar-refractivity contribution in [3.05, 3.63) is 46.9 Å². The van der Waals surface area contributed by atoms with E-state index in [0.29, 0.717) is 12.4 Å². The van der Waals surface area contributed by atoms with Gasteiger partial charge in [-0.3, -0.25) is 0 Å². The molecule has 0 radical (unpaired) electrons. The van der Waals surface area contributed by atoms with Crippen molar-refractivity contribution in [2.75, 3.05) is 11.9 Å². The molecule has 4 heteroatoms. The molecule has 2 aromatic rings. The van der Waals surface area contributed by atoms with Crippen molar-refractivity contribution in [3.63, 3.8) is 0 Å². The lowest BCUT2D eigenvalue weighted by molar-refractivity contribution is 0.293. The summed E-state index contributed by atoms with van der Waals surface area (Å²) in [6, 6.07) is 8.08. The van der Waals surface area contributed by atoms with E-state index in [1.807, 2.05) is 39.0 Å². The first-order chi connectivity index (χ1) is 9.58. The van der Waals surface area contributed by atoms with Crippen LogP contribution in [-0.4, -0.2) is 16.5 Å². The topological polar surface area (TPSA) is 47.0 Å². The van der Waals surface area contributed by atoms with Gasteiger partial charge in [0, 0.05) is 18.3 Å². The first-order valence-corrected chi connectivity index (χ1v) is 6.87. The number of hydrogen-bond donors (Lipinski definition) is 1. The van der Waals surface area contributed by atoms with Crippen molar-refractivity contribution >= 4 is 5.82 Å². The highest BCUT2D eigenvalue weighted by Crippen LogP contribution is 2.19. The minimum Gasteiger partial charge on any atom is -0.485 e. The van der Waals surface area contributed by atoms with E-state index in [2.05, 4.69) is 28.3 Å². The van der Waals surface area contributed by atoms with Crippen LogP contribution in [0.2, 0.25) is 0 Å². The summed E-state index contributed by atoms with van der Waals surface area (Å²) in [7, 11) is 0. The quantitative estimate of drug-likeness (QED) is 0.905. The maximum atomic E-state index is 5.81. The van der Waals surface area contributed by atoms with Gasteiger partial charge in [0.25, 0.3) is 0 Å². The minimum atomic E-state index is 0.379. The maximum Gasteiger partial charge on any atom is 0.168 e. The van der Waals surface area contributed by atoms with Gasteiger partial charge in [0.05, 0.1) is 0 Å². The molecule has 0 unspecified atom stereocenters. The van der Waals surface area contributed by atoms with Gasteiger partial charge in [0.2, 0.25) is 0 Å². The molecule has 0 atom stereocenters. The van der Waals surface area contributed by atoms with Crippen LogP contribution in [-0.2, 0) is 6.61 Å². The Morgan fingerprint density at radius 1 is 1.10 bits per heavy atom. The van der Waals surface area contributed by atoms with Crippen LogP contribution < -0.4 is 10.1 Å². The summed E-state index contributed by atoms with van der Waals surface area (Å²) in [5.41, 5.74) is 3.30. The highest BCUT2D eigenvalue weighted by Gasteiger charge is 2.05. The molecule has 0 amide bonds. The van der Waals surface area contributed by atoms with Crippen LogP contribution in [0.1, 0.15) is 29.6 Å². The second-order valence-corrected chi connectivity index (χ2v) is 4.90. The van der Waals surface area contributed by atoms with Gasteiger partial charge in [-0.2, -0.15) is 0 Å². The third-order valence-corrected chi connectivity index (χ3v) is 2.95. The minimum absolute atomic E-state index is 0.379. The van der Waals surface area contributed by atoms with Gasteiger partial charge in [-0.05, 0) is 39.3 Å². The lowest BCUT2D eigenvalue weighted by Crippen LogP contribution is -2.07. The molecule has 0 bridgehead atoms. The Balaban J connectivity index is 2.10. The Morgan fingerprint density at radius 2 is 1.90 bits per heavy atom. The van der Waals surface area contributed by atoms with Crippen LogP contribution in [0.3, 0.4) is 0 Å². The molecule has 20 heavy (non-hydrogen) atoms. The Kier molecular flexibility index (Phi) is 4.56. The molecule has 106 valence electrons. The first kappa shape index (κ1) is 14.3. The Labute approximate surface area is 120 Å². The largest absolute Gasteiger partial charge is 0.485 e. The van der Waals surface area contributed by atoms with Crippen molar-refractivity contribution in [1.29, 1.82) is 0 Å². The highest BCUT2D eigenvalue weighted by atomic mass is 16.5. The third kappa shape index (κ3) is 3.70. The Bertz CT molecular complexity index is 596. The van der Waals surface area contributed by atoms with Crippen LogP contribution in [0.5, 0.6) is 5.75 Å². The van der Waals surface area contributed by atoms with Crippen molar-refractivity contribution in [2.45, 2.75) is 34.3 Å². The fourth-order valence-corrected chi connectivity index (χ4v) is 2.07. The van der Waals surface area contributed by atoms with E-state index in [0.717, 1.165) is 29.4 Å². The highest BCUT2D eigenvalue weighted by molar-refractivity contribution is 5.37. The zero-order valence-corrected chi connectivity index (χ0v) is 12.5. The van der Waals surface area contributed by atoms with Crippen molar-refractivity contribution in [1.82, 2.24) is 9.97 Å².